The smallest absolute Gasteiger partial charge is 0.180 e. The van der Waals surface area contributed by atoms with Crippen molar-refractivity contribution in [1.29, 1.82) is 0 Å². The van der Waals surface area contributed by atoms with Crippen molar-refractivity contribution in [2.24, 2.45) is 0 Å². The van der Waals surface area contributed by atoms with E-state index in [1.807, 2.05) is 19.1 Å². The second kappa shape index (κ2) is 6.81. The predicted molar refractivity (Wildman–Crippen MR) is 84.5 cm³/mol. The van der Waals surface area contributed by atoms with E-state index in [-0.39, 0.29) is 11.8 Å². The Kier molecular flexibility index (Phi) is 5.33. The minimum absolute atomic E-state index is 0.198. The summed E-state index contributed by atoms with van der Waals surface area (Å²) in [5.41, 5.74) is 0.825. The Morgan fingerprint density at radius 2 is 2.05 bits per heavy atom. The quantitative estimate of drug-likeness (QED) is 0.781. The zero-order valence-electron chi connectivity index (χ0n) is 11.9. The highest BCUT2D eigenvalue weighted by atomic mass is 35.5. The van der Waals surface area contributed by atoms with Crippen LogP contribution in [0.25, 0.3) is 0 Å². The van der Waals surface area contributed by atoms with Crippen molar-refractivity contribution in [3.63, 3.8) is 0 Å². The highest BCUT2D eigenvalue weighted by molar-refractivity contribution is 7.91. The van der Waals surface area contributed by atoms with Gasteiger partial charge in [-0.2, -0.15) is 0 Å². The average Bonchev–Trinajstić information content (AvgIpc) is 2.47. The van der Waals surface area contributed by atoms with Crippen molar-refractivity contribution < 1.29 is 8.42 Å². The lowest BCUT2D eigenvalue weighted by Crippen LogP contribution is -2.41. The lowest BCUT2D eigenvalue weighted by molar-refractivity contribution is 0.485. The van der Waals surface area contributed by atoms with Crippen LogP contribution in [0.4, 0.5) is 5.69 Å². The molecule has 0 spiro atoms. The van der Waals surface area contributed by atoms with E-state index >= 15 is 0 Å². The molecule has 0 bridgehead atoms. The van der Waals surface area contributed by atoms with Crippen LogP contribution in [-0.4, -0.2) is 32.6 Å². The monoisotopic (exact) mass is 315 g/mol. The van der Waals surface area contributed by atoms with Gasteiger partial charge in [0.15, 0.2) is 9.84 Å². The third-order valence-corrected chi connectivity index (χ3v) is 6.11. The number of anilines is 1. The van der Waals surface area contributed by atoms with Crippen LogP contribution < -0.4 is 4.90 Å². The van der Waals surface area contributed by atoms with Gasteiger partial charge in [0.1, 0.15) is 0 Å². The van der Waals surface area contributed by atoms with Gasteiger partial charge in [-0.1, -0.05) is 19.1 Å². The standard InChI is InChI=1S/C15H22ClNO2S/c1-2-11-20(18,19)15-9-4-3-8-14(15)17-10-6-5-7-13(17)12-16/h3-4,8-9,13H,2,5-7,10-12H2,1H3. The molecule has 5 heteroatoms. The number of sulfone groups is 1. The molecule has 0 aliphatic carbocycles. The van der Waals surface area contributed by atoms with Crippen LogP contribution in [0.1, 0.15) is 32.6 Å². The highest BCUT2D eigenvalue weighted by Crippen LogP contribution is 2.31. The number of alkyl halides is 1. The number of piperidine rings is 1. The van der Waals surface area contributed by atoms with Crippen molar-refractivity contribution in [2.45, 2.75) is 43.5 Å². The molecule has 1 saturated heterocycles. The van der Waals surface area contributed by atoms with Crippen molar-refractivity contribution in [1.82, 2.24) is 0 Å². The summed E-state index contributed by atoms with van der Waals surface area (Å²) in [7, 11) is -3.21. The number of hydrogen-bond donors (Lipinski definition) is 0. The van der Waals surface area contributed by atoms with Crippen LogP contribution in [0.2, 0.25) is 0 Å². The molecule has 0 radical (unpaired) electrons. The largest absolute Gasteiger partial charge is 0.366 e. The Labute approximate surface area is 126 Å². The number of rotatable bonds is 5. The molecule has 1 heterocycles. The predicted octanol–water partition coefficient (Wildman–Crippen LogP) is 3.47. The molecule has 1 aromatic rings. The maximum atomic E-state index is 12.4. The third-order valence-electron chi connectivity index (χ3n) is 3.79. The van der Waals surface area contributed by atoms with Gasteiger partial charge in [-0.3, -0.25) is 0 Å². The Balaban J connectivity index is 2.41. The number of para-hydroxylation sites is 1. The topological polar surface area (TPSA) is 37.4 Å². The summed E-state index contributed by atoms with van der Waals surface area (Å²) < 4.78 is 24.9. The molecule has 3 nitrogen and oxygen atoms in total. The summed E-state index contributed by atoms with van der Waals surface area (Å²) in [6, 6.07) is 7.57. The van der Waals surface area contributed by atoms with Crippen LogP contribution in [0.3, 0.4) is 0 Å². The van der Waals surface area contributed by atoms with Crippen LogP contribution in [0.5, 0.6) is 0 Å². The zero-order valence-corrected chi connectivity index (χ0v) is 13.5. The molecule has 112 valence electrons. The Bertz CT molecular complexity index is 545. The van der Waals surface area contributed by atoms with Gasteiger partial charge in [-0.25, -0.2) is 8.42 Å². The van der Waals surface area contributed by atoms with Crippen molar-refractivity contribution in [2.75, 3.05) is 23.1 Å². The lowest BCUT2D eigenvalue weighted by atomic mass is 10.0. The number of nitrogens with zero attached hydrogens (tertiary/aromatic N) is 1. The molecule has 0 aromatic heterocycles. The molecule has 1 fully saturated rings. The third kappa shape index (κ3) is 3.29. The normalized spacial score (nSPS) is 20.1. The first kappa shape index (κ1) is 15.6. The minimum Gasteiger partial charge on any atom is -0.366 e. The van der Waals surface area contributed by atoms with E-state index in [0.29, 0.717) is 17.2 Å². The van der Waals surface area contributed by atoms with Gasteiger partial charge >= 0.3 is 0 Å². The fourth-order valence-electron chi connectivity index (χ4n) is 2.81. The second-order valence-electron chi connectivity index (χ2n) is 5.28. The molecule has 0 amide bonds. The van der Waals surface area contributed by atoms with E-state index in [1.54, 1.807) is 12.1 Å². The van der Waals surface area contributed by atoms with E-state index in [4.69, 9.17) is 11.6 Å². The maximum absolute atomic E-state index is 12.4. The summed E-state index contributed by atoms with van der Waals surface area (Å²) in [6.45, 7) is 2.78. The Hall–Kier alpha value is -0.740. The fourth-order valence-corrected chi connectivity index (χ4v) is 4.68. The maximum Gasteiger partial charge on any atom is 0.180 e. The van der Waals surface area contributed by atoms with E-state index < -0.39 is 9.84 Å². The summed E-state index contributed by atoms with van der Waals surface area (Å²) >= 11 is 6.06. The van der Waals surface area contributed by atoms with Gasteiger partial charge in [0.2, 0.25) is 0 Å². The molecule has 1 aliphatic rings. The summed E-state index contributed by atoms with van der Waals surface area (Å²) in [5.74, 6) is 0.742. The fraction of sp³-hybridized carbons (Fsp3) is 0.600. The first-order valence-electron chi connectivity index (χ1n) is 7.24. The van der Waals surface area contributed by atoms with Gasteiger partial charge in [0.25, 0.3) is 0 Å². The van der Waals surface area contributed by atoms with Crippen molar-refractivity contribution in [3.05, 3.63) is 24.3 Å². The van der Waals surface area contributed by atoms with Crippen LogP contribution in [0, 0.1) is 0 Å². The van der Waals surface area contributed by atoms with Gasteiger partial charge in [-0.15, -0.1) is 11.6 Å². The van der Waals surface area contributed by atoms with Gasteiger partial charge in [0, 0.05) is 18.5 Å². The summed E-state index contributed by atoms with van der Waals surface area (Å²) in [5, 5.41) is 0. The van der Waals surface area contributed by atoms with Crippen LogP contribution in [0.15, 0.2) is 29.2 Å². The molecular weight excluding hydrogens is 294 g/mol. The SMILES string of the molecule is CCCS(=O)(=O)c1ccccc1N1CCCCC1CCl. The molecular formula is C15H22ClNO2S. The van der Waals surface area contributed by atoms with Crippen LogP contribution in [-0.2, 0) is 9.84 Å². The summed E-state index contributed by atoms with van der Waals surface area (Å²) in [4.78, 5) is 2.64. The first-order valence-corrected chi connectivity index (χ1v) is 9.43. The molecule has 2 rings (SSSR count). The molecule has 0 N–H and O–H groups in total. The van der Waals surface area contributed by atoms with E-state index in [0.717, 1.165) is 31.5 Å². The van der Waals surface area contributed by atoms with E-state index in [9.17, 15) is 8.42 Å². The molecule has 1 aliphatic heterocycles. The van der Waals surface area contributed by atoms with Gasteiger partial charge < -0.3 is 4.90 Å². The number of halogens is 1. The number of benzene rings is 1. The molecule has 20 heavy (non-hydrogen) atoms. The zero-order chi connectivity index (χ0) is 14.6. The molecule has 1 aromatic carbocycles. The Morgan fingerprint density at radius 1 is 1.30 bits per heavy atom. The molecule has 1 atom stereocenters. The Morgan fingerprint density at radius 3 is 2.75 bits per heavy atom. The van der Waals surface area contributed by atoms with Gasteiger partial charge in [-0.05, 0) is 37.8 Å². The first-order chi connectivity index (χ1) is 9.60. The van der Waals surface area contributed by atoms with E-state index in [2.05, 4.69) is 4.90 Å². The minimum atomic E-state index is -3.21. The van der Waals surface area contributed by atoms with E-state index in [1.165, 1.54) is 0 Å². The second-order valence-corrected chi connectivity index (χ2v) is 7.67. The van der Waals surface area contributed by atoms with Crippen molar-refractivity contribution >= 4 is 27.1 Å². The number of hydrogen-bond acceptors (Lipinski definition) is 3. The van der Waals surface area contributed by atoms with Crippen molar-refractivity contribution in [3.8, 4) is 0 Å². The lowest BCUT2D eigenvalue weighted by Gasteiger charge is -2.37. The molecule has 1 unspecified atom stereocenters. The summed E-state index contributed by atoms with van der Waals surface area (Å²) in [6.07, 6.45) is 3.93. The van der Waals surface area contributed by atoms with Gasteiger partial charge in [0.05, 0.1) is 16.3 Å². The molecule has 0 saturated carbocycles. The van der Waals surface area contributed by atoms with Crippen LogP contribution >= 0.6 is 11.6 Å². The highest BCUT2D eigenvalue weighted by Gasteiger charge is 2.27. The average molecular weight is 316 g/mol.